The number of hydrogen-bond acceptors (Lipinski definition) is 6. The Labute approximate surface area is 172 Å². The molecular formula is C21H20N6O3. The van der Waals surface area contributed by atoms with Crippen LogP contribution in [-0.2, 0) is 0 Å². The lowest BCUT2D eigenvalue weighted by Gasteiger charge is -2.07. The summed E-state index contributed by atoms with van der Waals surface area (Å²) in [5.41, 5.74) is 2.67. The Hall–Kier alpha value is -4.14. The molecule has 4 aromatic rings. The number of para-hydroxylation sites is 1. The molecule has 2 aromatic heterocycles. The molecule has 30 heavy (non-hydrogen) atoms. The molecule has 1 amide bonds. The first kappa shape index (κ1) is 19.2. The summed E-state index contributed by atoms with van der Waals surface area (Å²) in [4.78, 5) is 17.0. The fraction of sp³-hybridized carbons (Fsp3) is 0.143. The van der Waals surface area contributed by atoms with Crippen molar-refractivity contribution in [2.45, 2.75) is 6.92 Å². The number of carbonyl (C=O) groups excluding carboxylic acids is 1. The maximum Gasteiger partial charge on any atom is 0.278 e. The molecule has 0 bridgehead atoms. The number of nitrogens with one attached hydrogen (secondary N) is 2. The van der Waals surface area contributed by atoms with Crippen LogP contribution < -0.4 is 14.8 Å². The molecule has 152 valence electrons. The van der Waals surface area contributed by atoms with E-state index in [2.05, 4.69) is 25.6 Å². The van der Waals surface area contributed by atoms with Crippen molar-refractivity contribution in [1.29, 1.82) is 0 Å². The van der Waals surface area contributed by atoms with Crippen molar-refractivity contribution in [2.24, 2.45) is 0 Å². The summed E-state index contributed by atoms with van der Waals surface area (Å²) >= 11 is 0. The van der Waals surface area contributed by atoms with Gasteiger partial charge in [-0.05, 0) is 37.3 Å². The molecule has 4 rings (SSSR count). The van der Waals surface area contributed by atoms with E-state index < -0.39 is 5.91 Å². The average Bonchev–Trinajstić information content (AvgIpc) is 3.40. The van der Waals surface area contributed by atoms with Crippen LogP contribution in [0.25, 0.3) is 17.1 Å². The molecule has 0 aliphatic carbocycles. The standard InChI is InChI=1S/C21H20N6O3/c1-13-11-17(26-27(13)14-7-5-4-6-8-14)20(28)23-21-22-19(24-25-21)16-10-9-15(29-2)12-18(16)30-3/h4-12H,1-3H3,(H2,22,23,24,25,28). The Morgan fingerprint density at radius 1 is 1.07 bits per heavy atom. The van der Waals surface area contributed by atoms with Crippen LogP contribution in [0, 0.1) is 6.92 Å². The molecule has 0 aliphatic rings. The molecule has 0 spiro atoms. The smallest absolute Gasteiger partial charge is 0.278 e. The van der Waals surface area contributed by atoms with Crippen LogP contribution in [0.4, 0.5) is 5.95 Å². The average molecular weight is 404 g/mol. The number of anilines is 1. The molecule has 2 N–H and O–H groups in total. The van der Waals surface area contributed by atoms with Crippen LogP contribution in [0.2, 0.25) is 0 Å². The molecule has 0 fully saturated rings. The van der Waals surface area contributed by atoms with Gasteiger partial charge in [-0.25, -0.2) is 4.68 Å². The Kier molecular flexibility index (Phi) is 5.17. The van der Waals surface area contributed by atoms with E-state index in [0.717, 1.165) is 11.4 Å². The second kappa shape index (κ2) is 8.08. The van der Waals surface area contributed by atoms with Gasteiger partial charge in [-0.15, -0.1) is 5.10 Å². The normalized spacial score (nSPS) is 10.6. The van der Waals surface area contributed by atoms with Gasteiger partial charge in [-0.1, -0.05) is 18.2 Å². The summed E-state index contributed by atoms with van der Waals surface area (Å²) in [6.45, 7) is 1.89. The van der Waals surface area contributed by atoms with Crippen molar-refractivity contribution in [3.63, 3.8) is 0 Å². The first-order valence-corrected chi connectivity index (χ1v) is 9.17. The van der Waals surface area contributed by atoms with Crippen molar-refractivity contribution < 1.29 is 14.3 Å². The summed E-state index contributed by atoms with van der Waals surface area (Å²) in [5.74, 6) is 1.42. The SMILES string of the molecule is COc1ccc(-c2nc(NC(=O)c3cc(C)n(-c4ccccc4)n3)n[nH]2)c(OC)c1. The predicted octanol–water partition coefficient (Wildman–Crippen LogP) is 3.24. The lowest BCUT2D eigenvalue weighted by atomic mass is 10.2. The number of aromatic nitrogens is 5. The van der Waals surface area contributed by atoms with Crippen LogP contribution >= 0.6 is 0 Å². The topological polar surface area (TPSA) is 107 Å². The summed E-state index contributed by atoms with van der Waals surface area (Å²) in [5, 5.41) is 13.9. The molecule has 9 heteroatoms. The lowest BCUT2D eigenvalue weighted by Crippen LogP contribution is -2.14. The third-order valence-electron chi connectivity index (χ3n) is 4.50. The predicted molar refractivity (Wildman–Crippen MR) is 111 cm³/mol. The number of methoxy groups -OCH3 is 2. The molecule has 0 unspecified atom stereocenters. The number of aryl methyl sites for hydroxylation is 1. The van der Waals surface area contributed by atoms with Gasteiger partial charge in [0, 0.05) is 11.8 Å². The van der Waals surface area contributed by atoms with E-state index >= 15 is 0 Å². The highest BCUT2D eigenvalue weighted by Gasteiger charge is 2.17. The zero-order valence-electron chi connectivity index (χ0n) is 16.7. The van der Waals surface area contributed by atoms with Crippen LogP contribution in [0.3, 0.4) is 0 Å². The van der Waals surface area contributed by atoms with Gasteiger partial charge in [-0.3, -0.25) is 15.2 Å². The van der Waals surface area contributed by atoms with E-state index in [1.807, 2.05) is 37.3 Å². The maximum absolute atomic E-state index is 12.6. The highest BCUT2D eigenvalue weighted by Crippen LogP contribution is 2.31. The number of benzene rings is 2. The van der Waals surface area contributed by atoms with E-state index in [4.69, 9.17) is 9.47 Å². The number of ether oxygens (including phenoxy) is 2. The van der Waals surface area contributed by atoms with Crippen LogP contribution in [0.5, 0.6) is 11.5 Å². The molecule has 0 radical (unpaired) electrons. The van der Waals surface area contributed by atoms with Crippen molar-refractivity contribution in [1.82, 2.24) is 25.0 Å². The Morgan fingerprint density at radius 2 is 1.87 bits per heavy atom. The van der Waals surface area contributed by atoms with Gasteiger partial charge in [-0.2, -0.15) is 10.1 Å². The molecule has 0 saturated carbocycles. The fourth-order valence-corrected chi connectivity index (χ4v) is 3.01. The Balaban J connectivity index is 1.54. The molecule has 0 saturated heterocycles. The highest BCUT2D eigenvalue weighted by molar-refractivity contribution is 6.02. The second-order valence-corrected chi connectivity index (χ2v) is 6.45. The molecule has 0 atom stereocenters. The third-order valence-corrected chi connectivity index (χ3v) is 4.50. The third kappa shape index (κ3) is 3.72. The summed E-state index contributed by atoms with van der Waals surface area (Å²) in [7, 11) is 3.14. The quantitative estimate of drug-likeness (QED) is 0.511. The van der Waals surface area contributed by atoms with Crippen molar-refractivity contribution in [3.8, 4) is 28.6 Å². The summed E-state index contributed by atoms with van der Waals surface area (Å²) in [6, 6.07) is 16.6. The Morgan fingerprint density at radius 3 is 2.60 bits per heavy atom. The zero-order chi connectivity index (χ0) is 21.1. The number of hydrogen-bond donors (Lipinski definition) is 2. The van der Waals surface area contributed by atoms with E-state index in [1.165, 1.54) is 0 Å². The summed E-state index contributed by atoms with van der Waals surface area (Å²) in [6.07, 6.45) is 0. The molecule has 9 nitrogen and oxygen atoms in total. The monoisotopic (exact) mass is 404 g/mol. The number of rotatable bonds is 6. The summed E-state index contributed by atoms with van der Waals surface area (Å²) < 4.78 is 12.3. The largest absolute Gasteiger partial charge is 0.497 e. The van der Waals surface area contributed by atoms with E-state index in [-0.39, 0.29) is 11.6 Å². The van der Waals surface area contributed by atoms with Crippen LogP contribution in [-0.4, -0.2) is 45.1 Å². The minimum absolute atomic E-state index is 0.139. The molecule has 2 heterocycles. The fourth-order valence-electron chi connectivity index (χ4n) is 3.01. The number of H-pyrrole nitrogens is 1. The minimum Gasteiger partial charge on any atom is -0.497 e. The maximum atomic E-state index is 12.6. The minimum atomic E-state index is -0.403. The Bertz CT molecular complexity index is 1180. The van der Waals surface area contributed by atoms with Gasteiger partial charge in [0.05, 0.1) is 25.5 Å². The zero-order valence-corrected chi connectivity index (χ0v) is 16.7. The van der Waals surface area contributed by atoms with Gasteiger partial charge in [0.25, 0.3) is 5.91 Å². The van der Waals surface area contributed by atoms with E-state index in [1.54, 1.807) is 43.2 Å². The first-order chi connectivity index (χ1) is 14.6. The van der Waals surface area contributed by atoms with Crippen molar-refractivity contribution >= 4 is 11.9 Å². The molecule has 0 aliphatic heterocycles. The number of carbonyl (C=O) groups is 1. The van der Waals surface area contributed by atoms with Crippen LogP contribution in [0.15, 0.2) is 54.6 Å². The van der Waals surface area contributed by atoms with E-state index in [0.29, 0.717) is 22.9 Å². The van der Waals surface area contributed by atoms with Gasteiger partial charge in [0.1, 0.15) is 11.5 Å². The number of nitrogens with zero attached hydrogens (tertiary/aromatic N) is 4. The van der Waals surface area contributed by atoms with Crippen molar-refractivity contribution in [2.75, 3.05) is 19.5 Å². The van der Waals surface area contributed by atoms with Crippen molar-refractivity contribution in [3.05, 3.63) is 66.0 Å². The van der Waals surface area contributed by atoms with Gasteiger partial charge in [0.2, 0.25) is 5.95 Å². The van der Waals surface area contributed by atoms with Gasteiger partial charge in [0.15, 0.2) is 11.5 Å². The molecule has 2 aromatic carbocycles. The number of amides is 1. The van der Waals surface area contributed by atoms with Crippen LogP contribution in [0.1, 0.15) is 16.2 Å². The van der Waals surface area contributed by atoms with Gasteiger partial charge < -0.3 is 9.47 Å². The first-order valence-electron chi connectivity index (χ1n) is 9.17. The number of aromatic amines is 1. The van der Waals surface area contributed by atoms with E-state index in [9.17, 15) is 4.79 Å². The second-order valence-electron chi connectivity index (χ2n) is 6.45. The highest BCUT2D eigenvalue weighted by atomic mass is 16.5. The lowest BCUT2D eigenvalue weighted by molar-refractivity contribution is 0.102. The molecular weight excluding hydrogens is 384 g/mol. The van der Waals surface area contributed by atoms with Gasteiger partial charge >= 0.3 is 0 Å².